The zero-order valence-electron chi connectivity index (χ0n) is 20.7. The lowest BCUT2D eigenvalue weighted by Crippen LogP contribution is -2.47. The van der Waals surface area contributed by atoms with E-state index in [0.717, 1.165) is 51.6 Å². The van der Waals surface area contributed by atoms with Crippen molar-refractivity contribution in [2.24, 2.45) is 5.73 Å². The van der Waals surface area contributed by atoms with Crippen LogP contribution in [0.2, 0.25) is 0 Å². The number of carbonyl (C=O) groups is 2. The normalized spacial score (nSPS) is 14.4. The van der Waals surface area contributed by atoms with Gasteiger partial charge in [-0.25, -0.2) is 0 Å². The second-order valence-electron chi connectivity index (χ2n) is 9.70. The van der Waals surface area contributed by atoms with Crippen molar-refractivity contribution in [3.8, 4) is 22.3 Å². The van der Waals surface area contributed by atoms with Crippen LogP contribution in [0.15, 0.2) is 84.9 Å². The molecule has 0 spiro atoms. The van der Waals surface area contributed by atoms with Gasteiger partial charge in [-0.2, -0.15) is 0 Å². The third kappa shape index (κ3) is 4.15. The van der Waals surface area contributed by atoms with Gasteiger partial charge in [0.05, 0.1) is 11.1 Å². The molecule has 1 aliphatic rings. The summed E-state index contributed by atoms with van der Waals surface area (Å²) in [5.74, 6) is -0.463. The van der Waals surface area contributed by atoms with Crippen LogP contribution in [0.3, 0.4) is 0 Å². The molecule has 1 saturated heterocycles. The van der Waals surface area contributed by atoms with Gasteiger partial charge in [-0.1, -0.05) is 60.7 Å². The highest BCUT2D eigenvalue weighted by atomic mass is 16.2. The molecule has 6 rings (SSSR count). The second-order valence-corrected chi connectivity index (χ2v) is 9.70. The van der Waals surface area contributed by atoms with Crippen molar-refractivity contribution in [1.29, 1.82) is 0 Å². The van der Waals surface area contributed by atoms with Crippen molar-refractivity contribution >= 4 is 33.6 Å². The van der Waals surface area contributed by atoms with E-state index in [0.29, 0.717) is 29.7 Å². The fourth-order valence-corrected chi connectivity index (χ4v) is 5.28. The largest absolute Gasteiger partial charge is 0.366 e. The summed E-state index contributed by atoms with van der Waals surface area (Å²) in [5.41, 5.74) is 12.6. The molecule has 6 nitrogen and oxygen atoms in total. The number of carbonyl (C=O) groups excluding carboxylic acids is 2. The van der Waals surface area contributed by atoms with Gasteiger partial charge < -0.3 is 20.5 Å². The number of piperazine rings is 1. The average molecular weight is 489 g/mol. The lowest BCUT2D eigenvalue weighted by molar-refractivity contribution is 0.0664. The van der Waals surface area contributed by atoms with Gasteiger partial charge in [-0.15, -0.1) is 0 Å². The number of nitrogens with one attached hydrogen (secondary N) is 1. The fraction of sp³-hybridized carbons (Fsp3) is 0.161. The monoisotopic (exact) mass is 488 g/mol. The number of H-pyrrole nitrogens is 1. The van der Waals surface area contributed by atoms with Crippen LogP contribution < -0.4 is 5.73 Å². The first-order chi connectivity index (χ1) is 18.0. The zero-order chi connectivity index (χ0) is 25.5. The molecule has 184 valence electrons. The Kier molecular flexibility index (Phi) is 5.74. The first-order valence-corrected chi connectivity index (χ1v) is 12.5. The summed E-state index contributed by atoms with van der Waals surface area (Å²) in [4.78, 5) is 33.1. The summed E-state index contributed by atoms with van der Waals surface area (Å²) in [5, 5.41) is 1.88. The van der Waals surface area contributed by atoms with Crippen molar-refractivity contribution in [2.45, 2.75) is 0 Å². The first-order valence-electron chi connectivity index (χ1n) is 12.5. The van der Waals surface area contributed by atoms with Crippen LogP contribution in [-0.2, 0) is 0 Å². The number of fused-ring (bicyclic) bond motifs is 3. The number of hydrogen-bond donors (Lipinski definition) is 2. The second kappa shape index (κ2) is 9.22. The minimum absolute atomic E-state index is 0.0274. The SMILES string of the molecule is CN1CCN(C(=O)c2ccc3c(c2)[nH]c2c(C(N)=O)ccc(-c4cccc(-c5ccccc5)c4)c23)CC1. The molecule has 2 heterocycles. The summed E-state index contributed by atoms with van der Waals surface area (Å²) < 4.78 is 0. The maximum absolute atomic E-state index is 13.2. The smallest absolute Gasteiger partial charge is 0.254 e. The highest BCUT2D eigenvalue weighted by Gasteiger charge is 2.22. The van der Waals surface area contributed by atoms with Crippen LogP contribution in [0.1, 0.15) is 20.7 Å². The Morgan fingerprint density at radius 2 is 1.51 bits per heavy atom. The molecule has 6 heteroatoms. The lowest BCUT2D eigenvalue weighted by atomic mass is 9.94. The molecule has 0 radical (unpaired) electrons. The molecule has 3 N–H and O–H groups in total. The minimum Gasteiger partial charge on any atom is -0.366 e. The first kappa shape index (κ1) is 23.0. The Hall–Kier alpha value is -4.42. The van der Waals surface area contributed by atoms with Crippen LogP contribution >= 0.6 is 0 Å². The zero-order valence-corrected chi connectivity index (χ0v) is 20.7. The topological polar surface area (TPSA) is 82.4 Å². The van der Waals surface area contributed by atoms with Gasteiger partial charge in [0, 0.05) is 48.0 Å². The Labute approximate surface area is 215 Å². The summed E-state index contributed by atoms with van der Waals surface area (Å²) >= 11 is 0. The number of rotatable bonds is 4. The standard InChI is InChI=1S/C31H28N4O2/c1-34-14-16-35(17-15-34)31(37)23-10-11-25-27(19-23)33-29-26(30(32)36)13-12-24(28(25)29)22-9-5-8-21(18-22)20-6-3-2-4-7-20/h2-13,18-19,33H,14-17H2,1H3,(H2,32,36). The van der Waals surface area contributed by atoms with Gasteiger partial charge >= 0.3 is 0 Å². The predicted molar refractivity (Wildman–Crippen MR) is 149 cm³/mol. The average Bonchev–Trinajstić information content (AvgIpc) is 3.32. The molecule has 1 aromatic heterocycles. The van der Waals surface area contributed by atoms with Gasteiger partial charge in [0.15, 0.2) is 0 Å². The number of hydrogen-bond acceptors (Lipinski definition) is 3. The van der Waals surface area contributed by atoms with Gasteiger partial charge in [-0.3, -0.25) is 9.59 Å². The third-order valence-electron chi connectivity index (χ3n) is 7.34. The molecule has 4 aromatic carbocycles. The van der Waals surface area contributed by atoms with Gasteiger partial charge in [0.1, 0.15) is 0 Å². The number of amides is 2. The van der Waals surface area contributed by atoms with E-state index < -0.39 is 5.91 Å². The number of aromatic amines is 1. The van der Waals surface area contributed by atoms with E-state index in [1.807, 2.05) is 53.4 Å². The lowest BCUT2D eigenvalue weighted by Gasteiger charge is -2.32. The molecule has 1 fully saturated rings. The number of aromatic nitrogens is 1. The summed E-state index contributed by atoms with van der Waals surface area (Å²) in [6, 6.07) is 28.1. The summed E-state index contributed by atoms with van der Waals surface area (Å²) in [7, 11) is 2.07. The Balaban J connectivity index is 1.49. The van der Waals surface area contributed by atoms with Crippen LogP contribution in [0.25, 0.3) is 44.1 Å². The molecule has 1 aliphatic heterocycles. The Bertz CT molecular complexity index is 1650. The van der Waals surface area contributed by atoms with E-state index in [9.17, 15) is 9.59 Å². The van der Waals surface area contributed by atoms with E-state index in [1.54, 1.807) is 6.07 Å². The maximum Gasteiger partial charge on any atom is 0.254 e. The van der Waals surface area contributed by atoms with E-state index in [1.165, 1.54) is 0 Å². The van der Waals surface area contributed by atoms with Gasteiger partial charge in [-0.05, 0) is 53.6 Å². The molecular weight excluding hydrogens is 460 g/mol. The van der Waals surface area contributed by atoms with E-state index in [4.69, 9.17) is 5.73 Å². The molecule has 0 unspecified atom stereocenters. The number of nitrogens with zero attached hydrogens (tertiary/aromatic N) is 2. The van der Waals surface area contributed by atoms with Crippen molar-refractivity contribution in [2.75, 3.05) is 33.2 Å². The number of primary amides is 1. The van der Waals surface area contributed by atoms with Crippen LogP contribution in [-0.4, -0.2) is 59.8 Å². The van der Waals surface area contributed by atoms with Crippen molar-refractivity contribution < 1.29 is 9.59 Å². The quantitative estimate of drug-likeness (QED) is 0.367. The third-order valence-corrected chi connectivity index (χ3v) is 7.34. The number of nitrogens with two attached hydrogens (primary N) is 1. The fourth-order valence-electron chi connectivity index (χ4n) is 5.28. The molecule has 37 heavy (non-hydrogen) atoms. The maximum atomic E-state index is 13.2. The predicted octanol–water partition coefficient (Wildman–Crippen LogP) is 5.14. The highest BCUT2D eigenvalue weighted by molar-refractivity contribution is 6.20. The van der Waals surface area contributed by atoms with Crippen molar-refractivity contribution in [3.63, 3.8) is 0 Å². The molecular formula is C31H28N4O2. The molecule has 0 saturated carbocycles. The van der Waals surface area contributed by atoms with Crippen molar-refractivity contribution in [1.82, 2.24) is 14.8 Å². The van der Waals surface area contributed by atoms with E-state index >= 15 is 0 Å². The molecule has 2 amide bonds. The van der Waals surface area contributed by atoms with Crippen LogP contribution in [0.4, 0.5) is 0 Å². The van der Waals surface area contributed by atoms with Gasteiger partial charge in [0.25, 0.3) is 11.8 Å². The minimum atomic E-state index is -0.491. The van der Waals surface area contributed by atoms with Gasteiger partial charge in [0.2, 0.25) is 0 Å². The number of benzene rings is 4. The van der Waals surface area contributed by atoms with Crippen LogP contribution in [0.5, 0.6) is 0 Å². The number of likely N-dealkylation sites (N-methyl/N-ethyl adjacent to an activating group) is 1. The molecule has 5 aromatic rings. The molecule has 0 aliphatic carbocycles. The van der Waals surface area contributed by atoms with E-state index in [-0.39, 0.29) is 5.91 Å². The summed E-state index contributed by atoms with van der Waals surface area (Å²) in [6.07, 6.45) is 0. The molecule has 0 atom stereocenters. The van der Waals surface area contributed by atoms with E-state index in [2.05, 4.69) is 47.3 Å². The molecule has 0 bridgehead atoms. The van der Waals surface area contributed by atoms with Crippen LogP contribution in [0, 0.1) is 0 Å². The Morgan fingerprint density at radius 1 is 0.784 bits per heavy atom. The Morgan fingerprint density at radius 3 is 2.27 bits per heavy atom. The highest BCUT2D eigenvalue weighted by Crippen LogP contribution is 2.38. The van der Waals surface area contributed by atoms with Crippen molar-refractivity contribution in [3.05, 3.63) is 96.1 Å². The summed E-state index contributed by atoms with van der Waals surface area (Å²) in [6.45, 7) is 3.17.